The van der Waals surface area contributed by atoms with Crippen molar-refractivity contribution < 1.29 is 12.9 Å². The smallest absolute Gasteiger partial charge is 0.154 e. The van der Waals surface area contributed by atoms with E-state index in [0.717, 1.165) is 4.47 Å². The highest BCUT2D eigenvalue weighted by Gasteiger charge is 2.01. The van der Waals surface area contributed by atoms with E-state index in [1.165, 1.54) is 0 Å². The van der Waals surface area contributed by atoms with Crippen molar-refractivity contribution in [1.82, 2.24) is 0 Å². The van der Waals surface area contributed by atoms with Crippen molar-refractivity contribution in [2.45, 2.75) is 0 Å². The van der Waals surface area contributed by atoms with Crippen LogP contribution in [0.4, 0.5) is 0 Å². The minimum absolute atomic E-state index is 0.262. The molecule has 0 aliphatic carbocycles. The van der Waals surface area contributed by atoms with Gasteiger partial charge in [-0.25, -0.2) is 4.21 Å². The summed E-state index contributed by atoms with van der Waals surface area (Å²) in [5.74, 6) is 0.262. The van der Waals surface area contributed by atoms with Gasteiger partial charge in [-0.2, -0.15) is 0 Å². The zero-order chi connectivity index (χ0) is 9.14. The second-order valence-corrected chi connectivity index (χ2v) is 4.21. The molecule has 0 saturated heterocycles. The van der Waals surface area contributed by atoms with Gasteiger partial charge in [-0.15, -0.1) is 0 Å². The second-order valence-electron chi connectivity index (χ2n) is 1.86. The quantitative estimate of drug-likeness (QED) is 0.788. The maximum absolute atomic E-state index is 10.2. The molecule has 0 spiro atoms. The lowest BCUT2D eigenvalue weighted by molar-refractivity contribution is 0.439. The predicted molar refractivity (Wildman–Crippen MR) is 51.4 cm³/mol. The van der Waals surface area contributed by atoms with Crippen LogP contribution in [-0.2, 0) is 11.4 Å². The Morgan fingerprint density at radius 1 is 1.42 bits per heavy atom. The summed E-state index contributed by atoms with van der Waals surface area (Å²) < 4.78 is 26.2. The first-order valence-electron chi connectivity index (χ1n) is 2.82. The zero-order valence-electron chi connectivity index (χ0n) is 5.62. The van der Waals surface area contributed by atoms with Crippen LogP contribution >= 0.6 is 31.9 Å². The summed E-state index contributed by atoms with van der Waals surface area (Å²) >= 11 is 3.79. The van der Waals surface area contributed by atoms with Gasteiger partial charge in [0, 0.05) is 4.47 Å². The minimum atomic E-state index is -2.54. The van der Waals surface area contributed by atoms with E-state index in [0.29, 0.717) is 4.47 Å². The van der Waals surface area contributed by atoms with Gasteiger partial charge in [0.25, 0.3) is 0 Å². The summed E-state index contributed by atoms with van der Waals surface area (Å²) in [6.45, 7) is 0. The highest BCUT2D eigenvalue weighted by Crippen LogP contribution is 2.28. The molecule has 0 heterocycles. The lowest BCUT2D eigenvalue weighted by Crippen LogP contribution is -1.98. The summed E-state index contributed by atoms with van der Waals surface area (Å²) in [7, 11) is 0. The number of hydrogen-bond donors (Lipinski definition) is 0. The maximum Gasteiger partial charge on any atom is 0.154 e. The highest BCUT2D eigenvalue weighted by atomic mass is 79.9. The van der Waals surface area contributed by atoms with Crippen molar-refractivity contribution in [3.8, 4) is 5.75 Å². The van der Waals surface area contributed by atoms with E-state index >= 15 is 0 Å². The SMILES string of the molecule is O=S([O-])Oc1cc(Br)ccc1Br. The van der Waals surface area contributed by atoms with E-state index in [1.54, 1.807) is 18.2 Å². The standard InChI is InChI=1S/C6H4Br2O3S/c7-4-1-2-5(8)6(3-4)11-12(9)10/h1-3H,(H,9,10)/p-1. The molecule has 0 aliphatic rings. The molecular weight excluding hydrogens is 312 g/mol. The number of rotatable bonds is 2. The molecule has 1 aromatic rings. The average Bonchev–Trinajstić information content (AvgIpc) is 1.96. The Labute approximate surface area is 88.9 Å². The zero-order valence-corrected chi connectivity index (χ0v) is 9.61. The third-order valence-corrected chi connectivity index (χ3v) is 2.52. The van der Waals surface area contributed by atoms with Crippen LogP contribution in [0.25, 0.3) is 0 Å². The number of benzene rings is 1. The van der Waals surface area contributed by atoms with Crippen LogP contribution < -0.4 is 4.18 Å². The molecule has 0 aromatic heterocycles. The molecule has 0 fully saturated rings. The summed E-state index contributed by atoms with van der Waals surface area (Å²) in [6, 6.07) is 5.01. The van der Waals surface area contributed by atoms with E-state index in [2.05, 4.69) is 36.0 Å². The van der Waals surface area contributed by atoms with E-state index in [9.17, 15) is 8.76 Å². The Morgan fingerprint density at radius 3 is 2.67 bits per heavy atom. The van der Waals surface area contributed by atoms with E-state index in [4.69, 9.17) is 0 Å². The van der Waals surface area contributed by atoms with Gasteiger partial charge in [0.15, 0.2) is 5.75 Å². The third-order valence-electron chi connectivity index (χ3n) is 1.05. The lowest BCUT2D eigenvalue weighted by Gasteiger charge is -2.08. The summed E-state index contributed by atoms with van der Waals surface area (Å²) in [5, 5.41) is 0. The molecule has 1 unspecified atom stereocenters. The molecule has 12 heavy (non-hydrogen) atoms. The van der Waals surface area contributed by atoms with Gasteiger partial charge in [0.05, 0.1) is 4.47 Å². The first-order chi connectivity index (χ1) is 5.59. The van der Waals surface area contributed by atoms with Gasteiger partial charge in [0.1, 0.15) is 11.4 Å². The molecule has 1 atom stereocenters. The average molecular weight is 315 g/mol. The lowest BCUT2D eigenvalue weighted by atomic mass is 10.3. The molecule has 66 valence electrons. The monoisotopic (exact) mass is 313 g/mol. The molecule has 0 N–H and O–H groups in total. The van der Waals surface area contributed by atoms with Crippen LogP contribution in [-0.4, -0.2) is 8.76 Å². The van der Waals surface area contributed by atoms with Gasteiger partial charge < -0.3 is 8.74 Å². The second kappa shape index (κ2) is 4.36. The molecule has 6 heteroatoms. The number of hydrogen-bond acceptors (Lipinski definition) is 3. The van der Waals surface area contributed by atoms with Crippen LogP contribution in [0.2, 0.25) is 0 Å². The van der Waals surface area contributed by atoms with Crippen molar-refractivity contribution in [3.05, 3.63) is 27.1 Å². The van der Waals surface area contributed by atoms with Crippen molar-refractivity contribution in [2.24, 2.45) is 0 Å². The summed E-state index contributed by atoms with van der Waals surface area (Å²) in [6.07, 6.45) is 0. The summed E-state index contributed by atoms with van der Waals surface area (Å²) in [5.41, 5.74) is 0. The Hall–Kier alpha value is 0.0900. The molecular formula is C6H3Br2O3S-. The fraction of sp³-hybridized carbons (Fsp3) is 0. The molecule has 0 radical (unpaired) electrons. The molecule has 0 aliphatic heterocycles. The van der Waals surface area contributed by atoms with Crippen LogP contribution in [0.1, 0.15) is 0 Å². The molecule has 1 rings (SSSR count). The molecule has 3 nitrogen and oxygen atoms in total. The van der Waals surface area contributed by atoms with Crippen LogP contribution in [0, 0.1) is 0 Å². The first kappa shape index (κ1) is 10.2. The Balaban J connectivity index is 2.97. The van der Waals surface area contributed by atoms with Gasteiger partial charge in [-0.05, 0) is 34.1 Å². The number of halogens is 2. The fourth-order valence-corrected chi connectivity index (χ4v) is 1.67. The van der Waals surface area contributed by atoms with Crippen molar-refractivity contribution >= 4 is 43.2 Å². The predicted octanol–water partition coefficient (Wildman–Crippen LogP) is 2.38. The summed E-state index contributed by atoms with van der Waals surface area (Å²) in [4.78, 5) is 0. The highest BCUT2D eigenvalue weighted by molar-refractivity contribution is 9.11. The molecule has 1 aromatic carbocycles. The van der Waals surface area contributed by atoms with Crippen LogP contribution in [0.5, 0.6) is 5.75 Å². The molecule has 0 bridgehead atoms. The van der Waals surface area contributed by atoms with Crippen LogP contribution in [0.3, 0.4) is 0 Å². The normalized spacial score (nSPS) is 12.6. The van der Waals surface area contributed by atoms with Gasteiger partial charge in [0.2, 0.25) is 0 Å². The van der Waals surface area contributed by atoms with E-state index < -0.39 is 11.4 Å². The van der Waals surface area contributed by atoms with Crippen molar-refractivity contribution in [1.29, 1.82) is 0 Å². The van der Waals surface area contributed by atoms with Crippen molar-refractivity contribution in [2.75, 3.05) is 0 Å². The van der Waals surface area contributed by atoms with E-state index in [1.807, 2.05) is 0 Å². The van der Waals surface area contributed by atoms with Gasteiger partial charge in [-0.1, -0.05) is 15.9 Å². The van der Waals surface area contributed by atoms with Gasteiger partial charge in [-0.3, -0.25) is 0 Å². The minimum Gasteiger partial charge on any atom is -0.740 e. The van der Waals surface area contributed by atoms with Crippen molar-refractivity contribution in [3.63, 3.8) is 0 Å². The van der Waals surface area contributed by atoms with E-state index in [-0.39, 0.29) is 5.75 Å². The van der Waals surface area contributed by atoms with Gasteiger partial charge >= 0.3 is 0 Å². The first-order valence-corrected chi connectivity index (χ1v) is 5.41. The Bertz CT molecular complexity index is 316. The Kier molecular flexibility index (Phi) is 3.70. The largest absolute Gasteiger partial charge is 0.740 e. The molecule has 0 saturated carbocycles. The fourth-order valence-electron chi connectivity index (χ4n) is 0.614. The molecule has 0 amide bonds. The maximum atomic E-state index is 10.2. The topological polar surface area (TPSA) is 49.4 Å². The Morgan fingerprint density at radius 2 is 2.08 bits per heavy atom. The third kappa shape index (κ3) is 2.85. The van der Waals surface area contributed by atoms with Crippen LogP contribution in [0.15, 0.2) is 27.1 Å².